The Morgan fingerprint density at radius 3 is 2.65 bits per heavy atom. The van der Waals surface area contributed by atoms with Crippen LogP contribution in [0, 0.1) is 0 Å². The number of nitrogens with one attached hydrogen (secondary N) is 1. The number of aromatic nitrogens is 1. The van der Waals surface area contributed by atoms with Crippen molar-refractivity contribution < 1.29 is 9.59 Å². The molecular weight excluding hydrogens is 404 g/mol. The van der Waals surface area contributed by atoms with Gasteiger partial charge in [-0.25, -0.2) is 10.0 Å². The smallest absolute Gasteiger partial charge is 0.227 e. The Morgan fingerprint density at radius 1 is 1.13 bits per heavy atom. The van der Waals surface area contributed by atoms with Crippen molar-refractivity contribution in [1.82, 2.24) is 10.3 Å². The molecule has 1 aliphatic rings. The Morgan fingerprint density at radius 2 is 1.90 bits per heavy atom. The van der Waals surface area contributed by atoms with Gasteiger partial charge in [0.05, 0.1) is 11.6 Å². The van der Waals surface area contributed by atoms with E-state index < -0.39 is 10.0 Å². The maximum absolute atomic E-state index is 12.8. The molecule has 164 valence electrons. The first kappa shape index (κ1) is 23.5. The van der Waals surface area contributed by atoms with Crippen molar-refractivity contribution in [2.75, 3.05) is 29.8 Å². The molecule has 1 aromatic heterocycles. The molecule has 0 spiro atoms. The Labute approximate surface area is 189 Å². The van der Waals surface area contributed by atoms with Crippen molar-refractivity contribution in [1.29, 1.82) is 0 Å². The van der Waals surface area contributed by atoms with Gasteiger partial charge in [-0.2, -0.15) is 0 Å². The largest absolute Gasteiger partial charge is 0.356 e. The molecule has 0 radical (unpaired) electrons. The molecule has 1 N–H and O–H groups in total. The molecule has 0 aliphatic carbocycles. The van der Waals surface area contributed by atoms with Crippen molar-refractivity contribution in [2.45, 2.75) is 42.2 Å². The molecule has 2 amide bonds. The van der Waals surface area contributed by atoms with Gasteiger partial charge in [0, 0.05) is 36.1 Å². The number of hydrogen-bond donors (Lipinski definition) is 1. The minimum absolute atomic E-state index is 0.0753. The quantitative estimate of drug-likeness (QED) is 0.484. The van der Waals surface area contributed by atoms with E-state index >= 15 is 0 Å². The van der Waals surface area contributed by atoms with E-state index in [1.165, 1.54) is 4.90 Å². The van der Waals surface area contributed by atoms with E-state index in [2.05, 4.69) is 48.9 Å². The minimum atomic E-state index is -0.930. The van der Waals surface area contributed by atoms with E-state index in [1.807, 2.05) is 37.1 Å². The van der Waals surface area contributed by atoms with E-state index in [1.54, 1.807) is 6.20 Å². The number of nitrogens with zero attached hydrogens (tertiary/aromatic N) is 2. The zero-order valence-corrected chi connectivity index (χ0v) is 20.0. The number of anilines is 1. The normalized spacial score (nSPS) is 17.4. The molecule has 31 heavy (non-hydrogen) atoms. The number of pyridine rings is 1. The molecule has 5 nitrogen and oxygen atoms in total. The van der Waals surface area contributed by atoms with Crippen molar-refractivity contribution in [2.24, 2.45) is 0 Å². The fourth-order valence-electron chi connectivity index (χ4n) is 4.06. The standard InChI is InChI=1S/C23H33B2N3O2S/c1-31(2)16-28(18-10-5-6-11-19(18)31)20(29)12-4-3-7-14-27-23(30)22(25)21(24)17-9-8-13-26-15-17/h5-6,8-11,13,15,21-22H,3-4,7,12,14,16,24-25H2,1-2H3,(H,27,30)/t21-,22+/m0/s1. The molecule has 0 unspecified atom stereocenters. The molecule has 2 atom stereocenters. The number of carbonyl (C=O) groups is 2. The number of para-hydroxylation sites is 1. The minimum Gasteiger partial charge on any atom is -0.356 e. The summed E-state index contributed by atoms with van der Waals surface area (Å²) in [7, 11) is 3.09. The third-order valence-corrected chi connectivity index (χ3v) is 8.68. The van der Waals surface area contributed by atoms with Crippen molar-refractivity contribution in [3.63, 3.8) is 0 Å². The molecule has 8 heteroatoms. The monoisotopic (exact) mass is 437 g/mol. The third-order valence-electron chi connectivity index (χ3n) is 6.24. The van der Waals surface area contributed by atoms with E-state index in [9.17, 15) is 9.59 Å². The van der Waals surface area contributed by atoms with Crippen molar-refractivity contribution in [3.8, 4) is 0 Å². The lowest BCUT2D eigenvalue weighted by Gasteiger charge is -2.26. The van der Waals surface area contributed by atoms with Gasteiger partial charge in [-0.05, 0) is 54.9 Å². The van der Waals surface area contributed by atoms with Crippen molar-refractivity contribution >= 4 is 43.2 Å². The highest BCUT2D eigenvalue weighted by Crippen LogP contribution is 2.59. The van der Waals surface area contributed by atoms with Crippen LogP contribution in [0.1, 0.15) is 37.1 Å². The molecular formula is C23H33B2N3O2S. The van der Waals surface area contributed by atoms with Crippen LogP contribution in [0.15, 0.2) is 53.7 Å². The zero-order chi connectivity index (χ0) is 22.4. The average Bonchev–Trinajstić information content (AvgIpc) is 3.06. The van der Waals surface area contributed by atoms with Crippen LogP contribution in [0.25, 0.3) is 0 Å². The summed E-state index contributed by atoms with van der Waals surface area (Å²) in [5, 5.41) is 3.05. The fourth-order valence-corrected chi connectivity index (χ4v) is 6.32. The number of hydrogen-bond acceptors (Lipinski definition) is 3. The van der Waals surface area contributed by atoms with Gasteiger partial charge in [0.1, 0.15) is 15.7 Å². The summed E-state index contributed by atoms with van der Waals surface area (Å²) < 4.78 is 0. The van der Waals surface area contributed by atoms with Crippen LogP contribution in [0.3, 0.4) is 0 Å². The summed E-state index contributed by atoms with van der Waals surface area (Å²) in [5.74, 6) is 1.14. The highest BCUT2D eigenvalue weighted by atomic mass is 32.3. The second-order valence-electron chi connectivity index (χ2n) is 8.92. The molecule has 0 saturated carbocycles. The first-order valence-corrected chi connectivity index (χ1v) is 13.7. The summed E-state index contributed by atoms with van der Waals surface area (Å²) in [5.41, 5.74) is 2.17. The summed E-state index contributed by atoms with van der Waals surface area (Å²) in [6.07, 6.45) is 11.4. The first-order valence-electron chi connectivity index (χ1n) is 11.1. The summed E-state index contributed by atoms with van der Waals surface area (Å²) in [6.45, 7) is 0.654. The molecule has 0 saturated heterocycles. The molecule has 1 aromatic carbocycles. The molecule has 0 bridgehead atoms. The predicted molar refractivity (Wildman–Crippen MR) is 136 cm³/mol. The maximum Gasteiger partial charge on any atom is 0.227 e. The van der Waals surface area contributed by atoms with Crippen LogP contribution in [-0.2, 0) is 9.59 Å². The Balaban J connectivity index is 1.36. The van der Waals surface area contributed by atoms with E-state index in [4.69, 9.17) is 0 Å². The fraction of sp³-hybridized carbons (Fsp3) is 0.435. The van der Waals surface area contributed by atoms with Crippen LogP contribution in [-0.4, -0.2) is 57.4 Å². The highest BCUT2D eigenvalue weighted by Gasteiger charge is 2.33. The van der Waals surface area contributed by atoms with Crippen molar-refractivity contribution in [3.05, 3.63) is 54.4 Å². The molecule has 2 aromatic rings. The van der Waals surface area contributed by atoms with Crippen LogP contribution in [0.5, 0.6) is 0 Å². The summed E-state index contributed by atoms with van der Waals surface area (Å²) >= 11 is 0. The number of carbonyl (C=O) groups excluding carboxylic acids is 2. The Kier molecular flexibility index (Phi) is 7.87. The van der Waals surface area contributed by atoms with Gasteiger partial charge in [0.15, 0.2) is 0 Å². The molecule has 2 heterocycles. The molecule has 3 rings (SSSR count). The number of unbranched alkanes of at least 4 members (excludes halogenated alkanes) is 2. The SMILES string of the molecule is B[C@@H](C(=O)NCCCCCC(=O)N1CS(C)(C)c2ccccc21)[C@@H](B)c1cccnc1. The number of amides is 2. The van der Waals surface area contributed by atoms with E-state index in [0.717, 1.165) is 36.4 Å². The van der Waals surface area contributed by atoms with Gasteiger partial charge in [-0.3, -0.25) is 14.6 Å². The van der Waals surface area contributed by atoms with Crippen LogP contribution in [0.2, 0.25) is 5.82 Å². The van der Waals surface area contributed by atoms with Gasteiger partial charge in [-0.15, -0.1) is 0 Å². The average molecular weight is 437 g/mol. The van der Waals surface area contributed by atoms with Gasteiger partial charge in [-0.1, -0.05) is 24.6 Å². The molecule has 1 aliphatic heterocycles. The lowest BCUT2D eigenvalue weighted by atomic mass is 9.63. The summed E-state index contributed by atoms with van der Waals surface area (Å²) in [4.78, 5) is 32.7. The lowest BCUT2D eigenvalue weighted by molar-refractivity contribution is -0.121. The second-order valence-corrected chi connectivity index (χ2v) is 12.7. The third kappa shape index (κ3) is 5.73. The first-order chi connectivity index (χ1) is 14.8. The predicted octanol–water partition coefficient (Wildman–Crippen LogP) is 2.28. The zero-order valence-electron chi connectivity index (χ0n) is 19.1. The molecule has 0 fully saturated rings. The Hall–Kier alpha value is -2.21. The maximum atomic E-state index is 12.8. The summed E-state index contributed by atoms with van der Waals surface area (Å²) in [6, 6.07) is 12.2. The number of rotatable bonds is 9. The Bertz CT molecular complexity index is 911. The van der Waals surface area contributed by atoms with Crippen LogP contribution >= 0.6 is 10.0 Å². The van der Waals surface area contributed by atoms with Gasteiger partial charge < -0.3 is 10.2 Å². The van der Waals surface area contributed by atoms with Gasteiger partial charge >= 0.3 is 0 Å². The van der Waals surface area contributed by atoms with Crippen LogP contribution < -0.4 is 10.2 Å². The highest BCUT2D eigenvalue weighted by molar-refractivity contribution is 8.33. The topological polar surface area (TPSA) is 62.3 Å². The second kappa shape index (κ2) is 10.4. The van der Waals surface area contributed by atoms with Gasteiger partial charge in [0.2, 0.25) is 11.8 Å². The van der Waals surface area contributed by atoms with E-state index in [0.29, 0.717) is 13.0 Å². The van der Waals surface area contributed by atoms with E-state index in [-0.39, 0.29) is 23.4 Å². The number of benzene rings is 1. The van der Waals surface area contributed by atoms with Gasteiger partial charge in [0.25, 0.3) is 0 Å². The lowest BCUT2D eigenvalue weighted by Crippen LogP contribution is -2.32. The van der Waals surface area contributed by atoms with Crippen LogP contribution in [0.4, 0.5) is 5.69 Å². The number of fused-ring (bicyclic) bond motifs is 1.